The Labute approximate surface area is 187 Å². The van der Waals surface area contributed by atoms with Crippen LogP contribution < -0.4 is 61.8 Å². The number of hydrogen-bond donors (Lipinski definition) is 1. The molecule has 1 aliphatic rings. The first-order valence-electron chi connectivity index (χ1n) is 8.52. The van der Waals surface area contributed by atoms with E-state index < -0.39 is 12.0 Å². The van der Waals surface area contributed by atoms with Crippen LogP contribution in [0.2, 0.25) is 0 Å². The molecule has 1 aliphatic carbocycles. The number of amides is 1. The number of carbonyl (C=O) groups is 2. The molecule has 126 valence electrons. The van der Waals surface area contributed by atoms with E-state index in [1.165, 1.54) is 0 Å². The van der Waals surface area contributed by atoms with E-state index in [4.69, 9.17) is 0 Å². The fourth-order valence-electron chi connectivity index (χ4n) is 3.38. The minimum atomic E-state index is -1.22. The van der Waals surface area contributed by atoms with Crippen LogP contribution in [-0.2, 0) is 16.0 Å². The van der Waals surface area contributed by atoms with Gasteiger partial charge in [0.2, 0.25) is 5.91 Å². The zero-order chi connectivity index (χ0) is 16.8. The number of hydrogen-bond acceptors (Lipinski definition) is 3. The first-order chi connectivity index (χ1) is 11.0. The van der Waals surface area contributed by atoms with Crippen LogP contribution in [0, 0.1) is 17.8 Å². The molecule has 1 aromatic rings. The minimum Gasteiger partial charge on any atom is -0.548 e. The zero-order valence-electron chi connectivity index (χ0n) is 15.0. The molecule has 0 heterocycles. The van der Waals surface area contributed by atoms with E-state index >= 15 is 0 Å². The first kappa shape index (κ1) is 21.8. The van der Waals surface area contributed by atoms with Gasteiger partial charge in [-0.1, -0.05) is 44.2 Å². The van der Waals surface area contributed by atoms with E-state index in [9.17, 15) is 14.7 Å². The van der Waals surface area contributed by atoms with Crippen LogP contribution in [0.15, 0.2) is 30.3 Å². The second-order valence-corrected chi connectivity index (χ2v) is 6.93. The molecular weight excluding hydrogens is 329 g/mol. The van der Waals surface area contributed by atoms with Crippen LogP contribution in [0.3, 0.4) is 0 Å². The fourth-order valence-corrected chi connectivity index (χ4v) is 3.38. The molecule has 4 nitrogen and oxygen atoms in total. The smallest absolute Gasteiger partial charge is 0.548 e. The van der Waals surface area contributed by atoms with Gasteiger partial charge >= 0.3 is 51.4 Å². The monoisotopic (exact) mass is 355 g/mol. The van der Waals surface area contributed by atoms with Crippen LogP contribution in [0.5, 0.6) is 0 Å². The Bertz CT molecular complexity index is 525. The van der Waals surface area contributed by atoms with Crippen molar-refractivity contribution in [2.45, 2.75) is 52.0 Å². The third-order valence-electron chi connectivity index (χ3n) is 4.97. The van der Waals surface area contributed by atoms with E-state index in [0.29, 0.717) is 11.8 Å². The van der Waals surface area contributed by atoms with Gasteiger partial charge in [-0.3, -0.25) is 4.79 Å². The molecule has 0 aromatic heterocycles. The van der Waals surface area contributed by atoms with Crippen molar-refractivity contribution in [2.24, 2.45) is 17.8 Å². The van der Waals surface area contributed by atoms with Crippen molar-refractivity contribution in [3.8, 4) is 0 Å². The van der Waals surface area contributed by atoms with Crippen molar-refractivity contribution in [1.29, 1.82) is 0 Å². The summed E-state index contributed by atoms with van der Waals surface area (Å²) in [5.74, 6) is -0.105. The molecule has 0 bridgehead atoms. The van der Waals surface area contributed by atoms with E-state index in [1.54, 1.807) is 0 Å². The fraction of sp³-hybridized carbons (Fsp3) is 0.579. The van der Waals surface area contributed by atoms with Gasteiger partial charge in [-0.25, -0.2) is 0 Å². The summed E-state index contributed by atoms with van der Waals surface area (Å²) in [6.07, 6.45) is 4.05. The Morgan fingerprint density at radius 3 is 2.21 bits per heavy atom. The molecule has 0 aliphatic heterocycles. The van der Waals surface area contributed by atoms with Crippen LogP contribution >= 0.6 is 0 Å². The van der Waals surface area contributed by atoms with Crippen molar-refractivity contribution >= 4 is 11.9 Å². The van der Waals surface area contributed by atoms with Gasteiger partial charge in [0.15, 0.2) is 0 Å². The van der Waals surface area contributed by atoms with Gasteiger partial charge < -0.3 is 15.2 Å². The maximum Gasteiger partial charge on any atom is 1.00 e. The van der Waals surface area contributed by atoms with Crippen molar-refractivity contribution < 1.29 is 66.1 Å². The summed E-state index contributed by atoms with van der Waals surface area (Å²) >= 11 is 0. The van der Waals surface area contributed by atoms with Crippen molar-refractivity contribution in [2.75, 3.05) is 0 Å². The number of rotatable bonds is 6. The van der Waals surface area contributed by atoms with Crippen molar-refractivity contribution in [3.05, 3.63) is 35.9 Å². The number of carbonyl (C=O) groups excluding carboxylic acids is 2. The molecule has 0 unspecified atom stereocenters. The summed E-state index contributed by atoms with van der Waals surface area (Å²) in [5.41, 5.74) is 0.880. The molecule has 5 heteroatoms. The summed E-state index contributed by atoms with van der Waals surface area (Å²) in [6, 6.07) is 8.34. The Morgan fingerprint density at radius 1 is 1.12 bits per heavy atom. The van der Waals surface area contributed by atoms with Gasteiger partial charge in [0, 0.05) is 5.92 Å². The summed E-state index contributed by atoms with van der Waals surface area (Å²) in [5, 5.41) is 14.0. The Kier molecular flexibility index (Phi) is 9.75. The third kappa shape index (κ3) is 6.60. The van der Waals surface area contributed by atoms with Crippen LogP contribution in [0.1, 0.15) is 45.1 Å². The maximum atomic E-state index is 12.4. The van der Waals surface area contributed by atoms with Gasteiger partial charge in [0.05, 0.1) is 12.0 Å². The molecule has 0 spiro atoms. The minimum absolute atomic E-state index is 0. The van der Waals surface area contributed by atoms with Gasteiger partial charge in [-0.2, -0.15) is 0 Å². The quantitative estimate of drug-likeness (QED) is 0.661. The molecule has 1 aromatic carbocycles. The molecule has 2 rings (SSSR count). The second-order valence-electron chi connectivity index (χ2n) is 6.93. The molecule has 1 saturated carbocycles. The van der Waals surface area contributed by atoms with Crippen molar-refractivity contribution in [1.82, 2.24) is 5.32 Å². The average Bonchev–Trinajstić information content (AvgIpc) is 2.55. The van der Waals surface area contributed by atoms with Gasteiger partial charge in [0.25, 0.3) is 0 Å². The van der Waals surface area contributed by atoms with Gasteiger partial charge in [0.1, 0.15) is 0 Å². The summed E-state index contributed by atoms with van der Waals surface area (Å²) in [4.78, 5) is 23.7. The Morgan fingerprint density at radius 2 is 1.71 bits per heavy atom. The maximum absolute atomic E-state index is 12.4. The summed E-state index contributed by atoms with van der Waals surface area (Å²) in [7, 11) is 0. The topological polar surface area (TPSA) is 69.2 Å². The van der Waals surface area contributed by atoms with Crippen LogP contribution in [0.25, 0.3) is 0 Å². The Balaban J connectivity index is 0.00000288. The SMILES string of the molecule is CC(C)C1CCC(C(=O)N[C@H](Cc2ccccc2)C(=O)[O-])CC1.[K+]. The van der Waals surface area contributed by atoms with E-state index in [2.05, 4.69) is 19.2 Å². The number of carboxylic acid groups (broad SMARTS) is 1. The predicted octanol–water partition coefficient (Wildman–Crippen LogP) is -1.07. The second kappa shape index (κ2) is 10.7. The standard InChI is InChI=1S/C19H27NO3.K/c1-13(2)15-8-10-16(11-9-15)18(21)20-17(19(22)23)12-14-6-4-3-5-7-14;/h3-7,13,15-17H,8-12H2,1-2H3,(H,20,21)(H,22,23);/q;+1/p-1/t15?,16?,17-;/m1./s1. The predicted molar refractivity (Wildman–Crippen MR) is 87.4 cm³/mol. The summed E-state index contributed by atoms with van der Waals surface area (Å²) < 4.78 is 0. The number of carboxylic acids is 1. The largest absolute Gasteiger partial charge is 1.00 e. The molecule has 0 saturated heterocycles. The number of nitrogens with one attached hydrogen (secondary N) is 1. The van der Waals surface area contributed by atoms with Gasteiger partial charge in [-0.05, 0) is 49.5 Å². The number of benzene rings is 1. The molecule has 1 fully saturated rings. The third-order valence-corrected chi connectivity index (χ3v) is 4.97. The van der Waals surface area contributed by atoms with Crippen molar-refractivity contribution in [3.63, 3.8) is 0 Å². The van der Waals surface area contributed by atoms with E-state index in [-0.39, 0.29) is 69.6 Å². The van der Waals surface area contributed by atoms with E-state index in [1.807, 2.05) is 30.3 Å². The molecular formula is C19H26KNO3. The molecule has 24 heavy (non-hydrogen) atoms. The molecule has 1 atom stereocenters. The van der Waals surface area contributed by atoms with Crippen LogP contribution in [-0.4, -0.2) is 17.9 Å². The molecule has 0 radical (unpaired) electrons. The summed E-state index contributed by atoms with van der Waals surface area (Å²) in [6.45, 7) is 4.44. The normalized spacial score (nSPS) is 21.6. The average molecular weight is 356 g/mol. The zero-order valence-corrected chi connectivity index (χ0v) is 18.1. The van der Waals surface area contributed by atoms with Crippen LogP contribution in [0.4, 0.5) is 0 Å². The van der Waals surface area contributed by atoms with Gasteiger partial charge in [-0.15, -0.1) is 0 Å². The first-order valence-corrected chi connectivity index (χ1v) is 8.52. The Hall–Kier alpha value is -0.204. The number of aliphatic carboxylic acids is 1. The molecule has 1 amide bonds. The van der Waals surface area contributed by atoms with E-state index in [0.717, 1.165) is 31.2 Å². The molecule has 1 N–H and O–H groups in total.